The van der Waals surface area contributed by atoms with Crippen LogP contribution < -0.4 is 14.8 Å². The molecule has 0 heterocycles. The molecule has 244 valence electrons. The lowest BCUT2D eigenvalue weighted by molar-refractivity contribution is -0.385. The zero-order valence-corrected chi connectivity index (χ0v) is 27.4. The molecule has 0 amide bonds. The van der Waals surface area contributed by atoms with Crippen molar-refractivity contribution in [2.24, 2.45) is 0 Å². The first-order valence-corrected chi connectivity index (χ1v) is 15.6. The molecule has 20 heteroatoms. The summed E-state index contributed by atoms with van der Waals surface area (Å²) in [6.07, 6.45) is -5.11. The van der Waals surface area contributed by atoms with Gasteiger partial charge in [0.05, 0.1) is 55.5 Å². The highest BCUT2D eigenvalue weighted by Gasteiger charge is 2.31. The van der Waals surface area contributed by atoms with Gasteiger partial charge in [-0.05, 0) is 75.2 Å². The van der Waals surface area contributed by atoms with E-state index in [4.69, 9.17) is 41.2 Å². The van der Waals surface area contributed by atoms with Gasteiger partial charge in [0, 0.05) is 12.1 Å². The highest BCUT2D eigenvalue weighted by atomic mass is 79.9. The van der Waals surface area contributed by atoms with Gasteiger partial charge in [-0.1, -0.05) is 11.6 Å². The van der Waals surface area contributed by atoms with Crippen molar-refractivity contribution in [2.45, 2.75) is 13.1 Å². The summed E-state index contributed by atoms with van der Waals surface area (Å²) in [4.78, 5) is 36.4. The number of nitro groups is 1. The molecule has 0 atom stereocenters. The van der Waals surface area contributed by atoms with E-state index < -0.39 is 43.1 Å². The molecule has 0 aromatic heterocycles. The molecule has 45 heavy (non-hydrogen) atoms. The minimum Gasteiger partial charge on any atom is -0.506 e. The number of hydrogen-bond donors (Lipinski definition) is 5. The van der Waals surface area contributed by atoms with Crippen LogP contribution >= 0.6 is 51.1 Å². The van der Waals surface area contributed by atoms with Gasteiger partial charge >= 0.3 is 25.4 Å². The number of phenolic OH excluding ortho intramolecular Hbond substituents is 1. The van der Waals surface area contributed by atoms with E-state index in [1.54, 1.807) is 19.1 Å². The molecule has 0 aliphatic carbocycles. The zero-order valence-electron chi connectivity index (χ0n) is 22.6. The van der Waals surface area contributed by atoms with Crippen molar-refractivity contribution < 1.29 is 56.9 Å². The van der Waals surface area contributed by atoms with Crippen molar-refractivity contribution in [2.75, 3.05) is 19.4 Å². The number of nitrogens with one attached hydrogen (secondary N) is 1. The minimum absolute atomic E-state index is 0.0111. The predicted octanol–water partition coefficient (Wildman–Crippen LogP) is 7.04. The summed E-state index contributed by atoms with van der Waals surface area (Å²) in [5.41, 5.74) is -0.650. The smallest absolute Gasteiger partial charge is 0.416 e. The van der Waals surface area contributed by atoms with E-state index in [1.807, 2.05) is 6.07 Å². The largest absolute Gasteiger partial charge is 0.506 e. The van der Waals surface area contributed by atoms with E-state index in [9.17, 15) is 37.8 Å². The Hall–Kier alpha value is -3.43. The Morgan fingerprint density at radius 1 is 1.13 bits per heavy atom. The molecule has 5 N–H and O–H groups in total. The molecular weight excluding hydrogens is 786 g/mol. The van der Waals surface area contributed by atoms with Gasteiger partial charge in [0.1, 0.15) is 17.2 Å². The van der Waals surface area contributed by atoms with Crippen LogP contribution in [0.15, 0.2) is 57.5 Å². The van der Waals surface area contributed by atoms with Crippen molar-refractivity contribution in [3.63, 3.8) is 0 Å². The number of nitro benzene ring substituents is 1. The molecule has 3 aromatic rings. The van der Waals surface area contributed by atoms with Crippen LogP contribution in [0.25, 0.3) is 0 Å². The van der Waals surface area contributed by atoms with Crippen molar-refractivity contribution in [3.8, 4) is 29.1 Å². The maximum atomic E-state index is 12.6. The van der Waals surface area contributed by atoms with E-state index in [0.717, 1.165) is 18.2 Å². The SMILES string of the molecule is CCOc1cc(Oc2ccc(C(F)(F)F)cc2Cl)ccc1[N+](=O)[O-].N#Cc1cc(Br)c(O)c(Br)c1.O=C(O)CNCP(=O)(O)O. The number of carbonyl (C=O) groups is 1. The third-order valence-corrected chi connectivity index (χ3v) is 6.79. The molecular formula is C25H22Br2ClF3N3O10P. The first-order valence-electron chi connectivity index (χ1n) is 11.8. The van der Waals surface area contributed by atoms with Crippen LogP contribution in [0.3, 0.4) is 0 Å². The van der Waals surface area contributed by atoms with E-state index >= 15 is 0 Å². The van der Waals surface area contributed by atoms with Crippen LogP contribution in [0, 0.1) is 21.4 Å². The number of nitriles is 1. The second kappa shape index (κ2) is 17.9. The number of ether oxygens (including phenoxy) is 2. The summed E-state index contributed by atoms with van der Waals surface area (Å²) in [6, 6.07) is 11.5. The minimum atomic E-state index is -4.52. The van der Waals surface area contributed by atoms with E-state index in [2.05, 4.69) is 37.2 Å². The number of aliphatic carboxylic acids is 1. The summed E-state index contributed by atoms with van der Waals surface area (Å²) < 4.78 is 59.5. The molecule has 0 bridgehead atoms. The average Bonchev–Trinajstić information content (AvgIpc) is 2.92. The summed E-state index contributed by atoms with van der Waals surface area (Å²) in [5, 5.41) is 38.5. The van der Waals surface area contributed by atoms with Gasteiger partial charge in [-0.15, -0.1) is 0 Å². The molecule has 3 rings (SSSR count). The zero-order chi connectivity index (χ0) is 34.5. The maximum absolute atomic E-state index is 12.6. The van der Waals surface area contributed by atoms with Gasteiger partial charge in [0.25, 0.3) is 0 Å². The van der Waals surface area contributed by atoms with Gasteiger partial charge in [-0.25, -0.2) is 0 Å². The molecule has 0 fully saturated rings. The van der Waals surface area contributed by atoms with Gasteiger partial charge in [0.15, 0.2) is 0 Å². The summed E-state index contributed by atoms with van der Waals surface area (Å²) in [5.74, 6) is -0.910. The topological polar surface area (TPSA) is 212 Å². The maximum Gasteiger partial charge on any atom is 0.416 e. The standard InChI is InChI=1S/C15H11ClF3NO4.C7H3Br2NO.C3H8NO5P/c1-2-23-14-8-10(4-5-12(14)20(21)22)24-13-6-3-9(7-11(13)16)15(17,18)19;8-5-1-4(3-10)2-6(9)7(5)11;5-3(6)1-4-2-10(7,8)9/h3-8H,2H2,1H3;1-2,11H;4H,1-2H2,(H,5,6)(H2,7,8,9). The van der Waals surface area contributed by atoms with E-state index in [-0.39, 0.29) is 40.3 Å². The number of halogens is 6. The third kappa shape index (κ3) is 14.5. The van der Waals surface area contributed by atoms with Crippen LogP contribution in [0.1, 0.15) is 18.1 Å². The van der Waals surface area contributed by atoms with Crippen LogP contribution in [0.4, 0.5) is 18.9 Å². The third-order valence-electron chi connectivity index (χ3n) is 4.65. The molecule has 0 aliphatic heterocycles. The monoisotopic (exact) mass is 805 g/mol. The average molecular weight is 808 g/mol. The molecule has 0 spiro atoms. The second-order valence-corrected chi connectivity index (χ2v) is 11.9. The fraction of sp³-hybridized carbons (Fsp3) is 0.200. The highest BCUT2D eigenvalue weighted by molar-refractivity contribution is 9.11. The number of alkyl halides is 3. The fourth-order valence-electron chi connectivity index (χ4n) is 2.81. The van der Waals surface area contributed by atoms with Crippen molar-refractivity contribution in [1.29, 1.82) is 5.26 Å². The van der Waals surface area contributed by atoms with Gasteiger partial charge in [-0.2, -0.15) is 18.4 Å². The predicted molar refractivity (Wildman–Crippen MR) is 162 cm³/mol. The van der Waals surface area contributed by atoms with Gasteiger partial charge in [-0.3, -0.25) is 24.8 Å². The lowest BCUT2D eigenvalue weighted by Gasteiger charge is -2.12. The lowest BCUT2D eigenvalue weighted by atomic mass is 10.2. The molecule has 0 radical (unpaired) electrons. The molecule has 13 nitrogen and oxygen atoms in total. The first kappa shape index (κ1) is 39.6. The number of rotatable bonds is 9. The number of nitrogens with zero attached hydrogens (tertiary/aromatic N) is 2. The van der Waals surface area contributed by atoms with Gasteiger partial charge < -0.3 is 29.5 Å². The van der Waals surface area contributed by atoms with Crippen LogP contribution in [0.5, 0.6) is 23.0 Å². The Labute approximate surface area is 274 Å². The van der Waals surface area contributed by atoms with Crippen LogP contribution in [0.2, 0.25) is 5.02 Å². The quantitative estimate of drug-likeness (QED) is 0.0837. The van der Waals surface area contributed by atoms with Crippen molar-refractivity contribution in [1.82, 2.24) is 5.32 Å². The number of aromatic hydroxyl groups is 1. The first-order chi connectivity index (χ1) is 20.8. The normalized spacial score (nSPS) is 10.8. The summed E-state index contributed by atoms with van der Waals surface area (Å²) in [6.45, 7) is 1.42. The number of phenols is 1. The number of benzene rings is 3. The Morgan fingerprint density at radius 2 is 1.73 bits per heavy atom. The van der Waals surface area contributed by atoms with Crippen LogP contribution in [-0.2, 0) is 15.5 Å². The number of carboxylic acid groups (broad SMARTS) is 1. The Kier molecular flexibility index (Phi) is 15.8. The molecule has 0 saturated heterocycles. The second-order valence-electron chi connectivity index (χ2n) is 8.11. The van der Waals surface area contributed by atoms with Crippen LogP contribution in [-0.4, -0.2) is 50.3 Å². The van der Waals surface area contributed by atoms with E-state index in [1.165, 1.54) is 18.2 Å². The Balaban J connectivity index is 0.000000399. The fourth-order valence-corrected chi connectivity index (χ4v) is 4.61. The molecule has 0 aliphatic rings. The van der Waals surface area contributed by atoms with Crippen molar-refractivity contribution in [3.05, 3.63) is 83.7 Å². The van der Waals surface area contributed by atoms with E-state index in [0.29, 0.717) is 14.5 Å². The molecule has 0 saturated carbocycles. The Bertz CT molecular complexity index is 1580. The van der Waals surface area contributed by atoms with Gasteiger partial charge in [0.2, 0.25) is 5.75 Å². The summed E-state index contributed by atoms with van der Waals surface area (Å²) in [7, 11) is -4.10. The Morgan fingerprint density at radius 3 is 2.18 bits per heavy atom. The summed E-state index contributed by atoms with van der Waals surface area (Å²) >= 11 is 12.0. The highest BCUT2D eigenvalue weighted by Crippen LogP contribution is 2.38. The van der Waals surface area contributed by atoms with Crippen molar-refractivity contribution >= 4 is 62.7 Å². The number of hydrogen-bond acceptors (Lipinski definition) is 9. The lowest BCUT2D eigenvalue weighted by Crippen LogP contribution is -2.23. The molecule has 3 aromatic carbocycles. The molecule has 0 unspecified atom stereocenters. The number of carboxylic acids is 1.